The van der Waals surface area contributed by atoms with Gasteiger partial charge in [0.1, 0.15) is 0 Å². The molecule has 2 aliphatic rings. The Hall–Kier alpha value is -0.350. The highest BCUT2D eigenvalue weighted by Gasteiger charge is 2.47. The van der Waals surface area contributed by atoms with Gasteiger partial charge >= 0.3 is 0 Å². The first kappa shape index (κ1) is 11.1. The number of fused-ring (bicyclic) bond motifs is 1. The molecule has 15 heavy (non-hydrogen) atoms. The number of amides is 2. The lowest BCUT2D eigenvalue weighted by atomic mass is 9.85. The van der Waals surface area contributed by atoms with Crippen molar-refractivity contribution in [3.05, 3.63) is 11.1 Å². The number of allylic oxidation sites excluding steroid dienone is 2. The van der Waals surface area contributed by atoms with E-state index in [4.69, 9.17) is 11.6 Å². The summed E-state index contributed by atoms with van der Waals surface area (Å²) >= 11 is 9.13. The average molecular weight is 293 g/mol. The van der Waals surface area contributed by atoms with Crippen molar-refractivity contribution in [1.29, 1.82) is 0 Å². The van der Waals surface area contributed by atoms with Crippen LogP contribution in [0.3, 0.4) is 0 Å². The molecule has 2 unspecified atom stereocenters. The Balaban J connectivity index is 2.20. The number of carbonyl (C=O) groups is 2. The highest BCUT2D eigenvalue weighted by molar-refractivity contribution is 9.09. The van der Waals surface area contributed by atoms with Crippen LogP contribution in [0.4, 0.5) is 0 Å². The molecule has 0 aromatic heterocycles. The van der Waals surface area contributed by atoms with Crippen LogP contribution in [0.2, 0.25) is 0 Å². The molecule has 1 saturated heterocycles. The number of imide groups is 1. The molecule has 1 aliphatic heterocycles. The molecule has 0 saturated carbocycles. The van der Waals surface area contributed by atoms with Crippen molar-refractivity contribution in [2.24, 2.45) is 11.8 Å². The van der Waals surface area contributed by atoms with Crippen LogP contribution < -0.4 is 0 Å². The summed E-state index contributed by atoms with van der Waals surface area (Å²) in [6.07, 6.45) is 2.98. The molecular weight excluding hydrogens is 281 g/mol. The van der Waals surface area contributed by atoms with Gasteiger partial charge in [0.2, 0.25) is 11.8 Å². The maximum absolute atomic E-state index is 11.9. The predicted molar refractivity (Wildman–Crippen MR) is 60.7 cm³/mol. The maximum atomic E-state index is 11.9. The van der Waals surface area contributed by atoms with Crippen molar-refractivity contribution in [3.8, 4) is 0 Å². The lowest BCUT2D eigenvalue weighted by Gasteiger charge is -2.17. The number of hydrogen-bond donors (Lipinski definition) is 0. The van der Waals surface area contributed by atoms with Gasteiger partial charge in [-0.05, 0) is 12.8 Å². The van der Waals surface area contributed by atoms with Crippen LogP contribution in [0.1, 0.15) is 12.8 Å². The van der Waals surface area contributed by atoms with Gasteiger partial charge in [0.15, 0.2) is 0 Å². The maximum Gasteiger partial charge on any atom is 0.233 e. The molecule has 0 bridgehead atoms. The minimum absolute atomic E-state index is 0.0372. The molecule has 3 nitrogen and oxygen atoms in total. The number of carbonyl (C=O) groups excluding carboxylic acids is 2. The predicted octanol–water partition coefficient (Wildman–Crippen LogP) is 1.90. The summed E-state index contributed by atoms with van der Waals surface area (Å²) < 4.78 is 0. The third-order valence-electron chi connectivity index (χ3n) is 2.97. The van der Waals surface area contributed by atoms with Gasteiger partial charge in [0, 0.05) is 16.9 Å². The second kappa shape index (κ2) is 4.26. The summed E-state index contributed by atoms with van der Waals surface area (Å²) in [6.45, 7) is 0.461. The lowest BCUT2D eigenvalue weighted by Crippen LogP contribution is -2.32. The van der Waals surface area contributed by atoms with Crippen molar-refractivity contribution in [3.63, 3.8) is 0 Å². The van der Waals surface area contributed by atoms with Crippen molar-refractivity contribution >= 4 is 39.3 Å². The van der Waals surface area contributed by atoms with Crippen molar-refractivity contribution in [2.75, 3.05) is 11.9 Å². The monoisotopic (exact) mass is 291 g/mol. The quantitative estimate of drug-likeness (QED) is 0.576. The van der Waals surface area contributed by atoms with Gasteiger partial charge in [-0.2, -0.15) is 0 Å². The van der Waals surface area contributed by atoms with Gasteiger partial charge in [-0.15, -0.1) is 0 Å². The number of halogens is 2. The molecule has 0 spiro atoms. The minimum Gasteiger partial charge on any atom is -0.281 e. The topological polar surface area (TPSA) is 37.4 Å². The summed E-state index contributed by atoms with van der Waals surface area (Å²) in [4.78, 5) is 25.1. The van der Waals surface area contributed by atoms with E-state index in [1.165, 1.54) is 4.90 Å². The molecule has 2 atom stereocenters. The molecule has 2 amide bonds. The normalized spacial score (nSPS) is 30.5. The molecule has 1 aliphatic carbocycles. The molecule has 1 fully saturated rings. The van der Waals surface area contributed by atoms with Gasteiger partial charge in [0.25, 0.3) is 0 Å². The fourth-order valence-corrected chi connectivity index (χ4v) is 2.81. The van der Waals surface area contributed by atoms with Crippen LogP contribution in [0.15, 0.2) is 11.1 Å². The number of likely N-dealkylation sites (tertiary alicyclic amines) is 1. The first-order valence-corrected chi connectivity index (χ1v) is 6.41. The van der Waals surface area contributed by atoms with Gasteiger partial charge in [-0.1, -0.05) is 33.6 Å². The standard InChI is InChI=1S/C10H11BrClNO2/c11-3-4-13-9(14)7-2-1-6(12)5-8(7)10(13)15/h1,7-8H,2-5H2. The van der Waals surface area contributed by atoms with Crippen molar-refractivity contribution < 1.29 is 9.59 Å². The van der Waals surface area contributed by atoms with Crippen LogP contribution >= 0.6 is 27.5 Å². The zero-order valence-electron chi connectivity index (χ0n) is 8.08. The summed E-state index contributed by atoms with van der Waals surface area (Å²) in [5, 5.41) is 1.34. The smallest absolute Gasteiger partial charge is 0.233 e. The van der Waals surface area contributed by atoms with E-state index in [9.17, 15) is 9.59 Å². The molecule has 2 rings (SSSR count). The van der Waals surface area contributed by atoms with E-state index in [-0.39, 0.29) is 23.7 Å². The molecule has 0 aromatic rings. The zero-order chi connectivity index (χ0) is 11.0. The Morgan fingerprint density at radius 3 is 2.73 bits per heavy atom. The minimum atomic E-state index is -0.214. The largest absolute Gasteiger partial charge is 0.281 e. The first-order valence-electron chi connectivity index (χ1n) is 4.91. The average Bonchev–Trinajstić information content (AvgIpc) is 2.44. The van der Waals surface area contributed by atoms with Crippen molar-refractivity contribution in [1.82, 2.24) is 4.90 Å². The van der Waals surface area contributed by atoms with Crippen LogP contribution in [-0.4, -0.2) is 28.6 Å². The highest BCUT2D eigenvalue weighted by atomic mass is 79.9. The van der Waals surface area contributed by atoms with Crippen LogP contribution in [0.5, 0.6) is 0 Å². The zero-order valence-corrected chi connectivity index (χ0v) is 10.4. The Labute approximate surface area is 102 Å². The van der Waals surface area contributed by atoms with E-state index in [0.717, 1.165) is 0 Å². The van der Waals surface area contributed by atoms with Gasteiger partial charge in [-0.3, -0.25) is 14.5 Å². The van der Waals surface area contributed by atoms with E-state index < -0.39 is 0 Å². The Kier molecular flexibility index (Phi) is 3.16. The third-order valence-corrected chi connectivity index (χ3v) is 3.63. The fourth-order valence-electron chi connectivity index (χ4n) is 2.20. The van der Waals surface area contributed by atoms with E-state index >= 15 is 0 Å². The number of rotatable bonds is 2. The molecule has 82 valence electrons. The number of nitrogens with zero attached hydrogens (tertiary/aromatic N) is 1. The van der Waals surface area contributed by atoms with E-state index in [0.29, 0.717) is 29.7 Å². The van der Waals surface area contributed by atoms with Crippen LogP contribution in [0.25, 0.3) is 0 Å². The number of hydrogen-bond acceptors (Lipinski definition) is 2. The molecule has 0 radical (unpaired) electrons. The van der Waals surface area contributed by atoms with Gasteiger partial charge in [-0.25, -0.2) is 0 Å². The van der Waals surface area contributed by atoms with Gasteiger partial charge < -0.3 is 0 Å². The Morgan fingerprint density at radius 2 is 2.07 bits per heavy atom. The van der Waals surface area contributed by atoms with E-state index in [2.05, 4.69) is 15.9 Å². The summed E-state index contributed by atoms with van der Waals surface area (Å²) in [7, 11) is 0. The Morgan fingerprint density at radius 1 is 1.40 bits per heavy atom. The van der Waals surface area contributed by atoms with E-state index in [1.807, 2.05) is 6.08 Å². The summed E-state index contributed by atoms with van der Waals surface area (Å²) in [5.74, 6) is -0.478. The first-order chi connectivity index (χ1) is 7.15. The second-order valence-corrected chi connectivity index (χ2v) is 5.10. The summed E-state index contributed by atoms with van der Waals surface area (Å²) in [5.41, 5.74) is 0. The SMILES string of the molecule is O=C1C2CC=C(Cl)CC2C(=O)N1CCBr. The summed E-state index contributed by atoms with van der Waals surface area (Å²) in [6, 6.07) is 0. The number of alkyl halides is 1. The second-order valence-electron chi connectivity index (χ2n) is 3.82. The van der Waals surface area contributed by atoms with Crippen LogP contribution in [-0.2, 0) is 9.59 Å². The fraction of sp³-hybridized carbons (Fsp3) is 0.600. The highest BCUT2D eigenvalue weighted by Crippen LogP contribution is 2.38. The Bertz CT molecular complexity index is 342. The third kappa shape index (κ3) is 1.85. The molecule has 5 heteroatoms. The van der Waals surface area contributed by atoms with Crippen molar-refractivity contribution in [2.45, 2.75) is 12.8 Å². The molecule has 0 aromatic carbocycles. The molecule has 1 heterocycles. The van der Waals surface area contributed by atoms with E-state index in [1.54, 1.807) is 0 Å². The lowest BCUT2D eigenvalue weighted by molar-refractivity contribution is -0.139. The van der Waals surface area contributed by atoms with Crippen LogP contribution in [0, 0.1) is 11.8 Å². The van der Waals surface area contributed by atoms with Gasteiger partial charge in [0.05, 0.1) is 11.8 Å². The molecule has 0 N–H and O–H groups in total. The molecular formula is C10H11BrClNO2.